The minimum Gasteiger partial charge on any atom is -0.256 e. The lowest BCUT2D eigenvalue weighted by atomic mass is 9.82. The van der Waals surface area contributed by atoms with Crippen LogP contribution in [0.25, 0.3) is 88.0 Å². The van der Waals surface area contributed by atoms with Crippen LogP contribution in [0.4, 0.5) is 0 Å². The van der Waals surface area contributed by atoms with Crippen molar-refractivity contribution in [1.29, 1.82) is 0 Å². The van der Waals surface area contributed by atoms with Crippen molar-refractivity contribution in [3.05, 3.63) is 170 Å². The maximum absolute atomic E-state index is 5.30. The monoisotopic (exact) mass is 584 g/mol. The molecule has 7 aromatic carbocycles. The summed E-state index contributed by atoms with van der Waals surface area (Å²) < 4.78 is 0. The number of hydrogen-bond donors (Lipinski definition) is 0. The lowest BCUT2D eigenvalue weighted by Gasteiger charge is -2.21. The first-order chi connectivity index (χ1) is 22.8. The van der Waals surface area contributed by atoms with Gasteiger partial charge >= 0.3 is 0 Å². The molecule has 214 valence electrons. The number of fused-ring (bicyclic) bond motifs is 4. The molecule has 0 spiro atoms. The van der Waals surface area contributed by atoms with E-state index in [9.17, 15) is 0 Å². The normalized spacial score (nSPS) is 11.5. The van der Waals surface area contributed by atoms with Crippen molar-refractivity contribution in [2.24, 2.45) is 0 Å². The fourth-order valence-electron chi connectivity index (χ4n) is 7.02. The zero-order valence-electron chi connectivity index (χ0n) is 25.1. The molecule has 0 saturated heterocycles. The average molecular weight is 585 g/mol. The molecule has 0 fully saturated rings. The van der Waals surface area contributed by atoms with Crippen molar-refractivity contribution in [2.45, 2.75) is 0 Å². The van der Waals surface area contributed by atoms with Crippen molar-refractivity contribution in [3.8, 4) is 44.8 Å². The van der Waals surface area contributed by atoms with Crippen molar-refractivity contribution >= 4 is 43.2 Å². The van der Waals surface area contributed by atoms with Crippen LogP contribution in [-0.2, 0) is 0 Å². The van der Waals surface area contributed by atoms with E-state index in [1.807, 2.05) is 18.3 Å². The molecule has 2 nitrogen and oxygen atoms in total. The van der Waals surface area contributed by atoms with Gasteiger partial charge in [-0.3, -0.25) is 4.98 Å². The number of benzene rings is 7. The predicted octanol–water partition coefficient (Wildman–Crippen LogP) is 11.8. The molecule has 46 heavy (non-hydrogen) atoms. The topological polar surface area (TPSA) is 25.8 Å². The third-order valence-corrected chi connectivity index (χ3v) is 9.08. The Morgan fingerprint density at radius 1 is 0.348 bits per heavy atom. The Kier molecular flexibility index (Phi) is 6.17. The van der Waals surface area contributed by atoms with Crippen LogP contribution in [-0.4, -0.2) is 9.97 Å². The Hall–Kier alpha value is -6.12. The van der Waals surface area contributed by atoms with Gasteiger partial charge in [0.15, 0.2) is 0 Å². The van der Waals surface area contributed by atoms with Crippen molar-refractivity contribution in [2.75, 3.05) is 0 Å². The summed E-state index contributed by atoms with van der Waals surface area (Å²) in [6.45, 7) is 0. The third-order valence-electron chi connectivity index (χ3n) is 9.08. The summed E-state index contributed by atoms with van der Waals surface area (Å²) in [6, 6.07) is 58.4. The van der Waals surface area contributed by atoms with E-state index in [-0.39, 0.29) is 0 Å². The second kappa shape index (κ2) is 10.8. The van der Waals surface area contributed by atoms with Gasteiger partial charge in [-0.2, -0.15) is 0 Å². The summed E-state index contributed by atoms with van der Waals surface area (Å²) in [7, 11) is 0. The first kappa shape index (κ1) is 26.3. The number of rotatable bonds is 4. The van der Waals surface area contributed by atoms with Gasteiger partial charge in [0.05, 0.1) is 16.9 Å². The highest BCUT2D eigenvalue weighted by molar-refractivity contribution is 6.25. The Morgan fingerprint density at radius 3 is 1.67 bits per heavy atom. The molecule has 0 aliphatic carbocycles. The minimum absolute atomic E-state index is 0.906. The molecule has 0 N–H and O–H groups in total. The first-order valence-corrected chi connectivity index (χ1v) is 15.7. The third kappa shape index (κ3) is 4.27. The highest BCUT2D eigenvalue weighted by Crippen LogP contribution is 2.48. The highest BCUT2D eigenvalue weighted by atomic mass is 14.7. The lowest BCUT2D eigenvalue weighted by molar-refractivity contribution is 1.31. The molecule has 0 unspecified atom stereocenters. The zero-order valence-corrected chi connectivity index (χ0v) is 25.1. The second-order valence-electron chi connectivity index (χ2n) is 11.7. The minimum atomic E-state index is 0.906. The maximum Gasteiger partial charge on any atom is 0.0725 e. The summed E-state index contributed by atoms with van der Waals surface area (Å²) in [6.07, 6.45) is 1.93. The van der Waals surface area contributed by atoms with Gasteiger partial charge in [0.1, 0.15) is 0 Å². The Labute approximate surface area is 267 Å². The standard InChI is InChI=1S/C44H28N2/c1-2-14-30(15-3-1)42-34-18-7-9-20-36(34)44(37-21-10-8-19-35(37)42)43-33-17-6-4-13-29(33)25-26-38(43)41-24-12-23-40(46-41)32-27-31-16-5-11-22-39(31)45-28-32/h1-28H. The quantitative estimate of drug-likeness (QED) is 0.192. The van der Waals surface area contributed by atoms with E-state index in [1.54, 1.807) is 0 Å². The SMILES string of the molecule is c1ccc(-c2c3ccccc3c(-c3c(-c4cccc(-c5cnc6ccccc6c5)n4)ccc4ccccc34)c3ccccc23)cc1. The van der Waals surface area contributed by atoms with Crippen LogP contribution in [0.2, 0.25) is 0 Å². The van der Waals surface area contributed by atoms with Crippen LogP contribution in [0.5, 0.6) is 0 Å². The van der Waals surface area contributed by atoms with E-state index >= 15 is 0 Å². The number of hydrogen-bond acceptors (Lipinski definition) is 2. The fourth-order valence-corrected chi connectivity index (χ4v) is 7.02. The zero-order chi connectivity index (χ0) is 30.5. The van der Waals surface area contributed by atoms with Gasteiger partial charge in [-0.05, 0) is 73.3 Å². The lowest BCUT2D eigenvalue weighted by Crippen LogP contribution is -1.95. The maximum atomic E-state index is 5.30. The fraction of sp³-hybridized carbons (Fsp3) is 0. The molecule has 9 aromatic rings. The number of pyridine rings is 2. The molecular weight excluding hydrogens is 556 g/mol. The largest absolute Gasteiger partial charge is 0.256 e. The van der Waals surface area contributed by atoms with E-state index in [0.29, 0.717) is 0 Å². The smallest absolute Gasteiger partial charge is 0.0725 e. The molecule has 2 aromatic heterocycles. The summed E-state index contributed by atoms with van der Waals surface area (Å²) in [4.78, 5) is 10.0. The van der Waals surface area contributed by atoms with Gasteiger partial charge in [0.25, 0.3) is 0 Å². The van der Waals surface area contributed by atoms with Gasteiger partial charge in [0, 0.05) is 28.3 Å². The molecule has 0 amide bonds. The number of aromatic nitrogens is 2. The molecular formula is C44H28N2. The van der Waals surface area contributed by atoms with E-state index in [1.165, 1.54) is 54.6 Å². The summed E-state index contributed by atoms with van der Waals surface area (Å²) >= 11 is 0. The summed E-state index contributed by atoms with van der Waals surface area (Å²) in [5.41, 5.74) is 9.86. The Morgan fingerprint density at radius 2 is 0.935 bits per heavy atom. The van der Waals surface area contributed by atoms with Gasteiger partial charge < -0.3 is 0 Å². The number of nitrogens with zero attached hydrogens (tertiary/aromatic N) is 2. The van der Waals surface area contributed by atoms with Crippen LogP contribution in [0.1, 0.15) is 0 Å². The Bertz CT molecular complexity index is 2530. The highest BCUT2D eigenvalue weighted by Gasteiger charge is 2.21. The van der Waals surface area contributed by atoms with Crippen LogP contribution in [0.15, 0.2) is 170 Å². The molecule has 0 radical (unpaired) electrons. The molecule has 0 bridgehead atoms. The van der Waals surface area contributed by atoms with Crippen molar-refractivity contribution < 1.29 is 0 Å². The van der Waals surface area contributed by atoms with E-state index in [0.717, 1.165) is 33.4 Å². The summed E-state index contributed by atoms with van der Waals surface area (Å²) in [5.74, 6) is 0. The molecule has 9 rings (SSSR count). The summed E-state index contributed by atoms with van der Waals surface area (Å²) in [5, 5.41) is 8.46. The predicted molar refractivity (Wildman–Crippen MR) is 194 cm³/mol. The molecule has 0 saturated carbocycles. The van der Waals surface area contributed by atoms with E-state index in [4.69, 9.17) is 9.97 Å². The second-order valence-corrected chi connectivity index (χ2v) is 11.7. The van der Waals surface area contributed by atoms with Gasteiger partial charge in [0.2, 0.25) is 0 Å². The van der Waals surface area contributed by atoms with Crippen LogP contribution < -0.4 is 0 Å². The van der Waals surface area contributed by atoms with E-state index in [2.05, 4.69) is 152 Å². The van der Waals surface area contributed by atoms with Gasteiger partial charge in [-0.1, -0.05) is 140 Å². The molecule has 2 heterocycles. The van der Waals surface area contributed by atoms with Gasteiger partial charge in [-0.15, -0.1) is 0 Å². The first-order valence-electron chi connectivity index (χ1n) is 15.7. The van der Waals surface area contributed by atoms with E-state index < -0.39 is 0 Å². The van der Waals surface area contributed by atoms with Crippen LogP contribution >= 0.6 is 0 Å². The molecule has 0 aliphatic rings. The molecule has 2 heteroatoms. The molecule has 0 aliphatic heterocycles. The van der Waals surface area contributed by atoms with Gasteiger partial charge in [-0.25, -0.2) is 4.98 Å². The molecule has 0 atom stereocenters. The van der Waals surface area contributed by atoms with Crippen molar-refractivity contribution in [3.63, 3.8) is 0 Å². The van der Waals surface area contributed by atoms with Crippen molar-refractivity contribution in [1.82, 2.24) is 9.97 Å². The van der Waals surface area contributed by atoms with Crippen LogP contribution in [0.3, 0.4) is 0 Å². The average Bonchev–Trinajstić information content (AvgIpc) is 3.13. The van der Waals surface area contributed by atoms with Crippen LogP contribution in [0, 0.1) is 0 Å². The Balaban J connectivity index is 1.37. The number of para-hydroxylation sites is 1.